The van der Waals surface area contributed by atoms with Crippen molar-refractivity contribution >= 4 is 5.57 Å². The van der Waals surface area contributed by atoms with Gasteiger partial charge in [-0.25, -0.2) is 0 Å². The molecule has 0 radical (unpaired) electrons. The molecule has 0 fully saturated rings. The molecule has 0 atom stereocenters. The van der Waals surface area contributed by atoms with Crippen LogP contribution < -0.4 is 5.32 Å². The molecule has 3 nitrogen and oxygen atoms in total. The van der Waals surface area contributed by atoms with Gasteiger partial charge in [-0.3, -0.25) is 0 Å². The van der Waals surface area contributed by atoms with E-state index in [2.05, 4.69) is 30.0 Å². The molecule has 0 aliphatic carbocycles. The summed E-state index contributed by atoms with van der Waals surface area (Å²) in [6.45, 7) is 14.1. The summed E-state index contributed by atoms with van der Waals surface area (Å²) < 4.78 is 0. The van der Waals surface area contributed by atoms with Crippen molar-refractivity contribution in [1.29, 1.82) is 0 Å². The molecule has 1 rings (SSSR count). The van der Waals surface area contributed by atoms with Crippen molar-refractivity contribution in [3.8, 4) is 0 Å². The Morgan fingerprint density at radius 2 is 2.16 bits per heavy atom. The van der Waals surface area contributed by atoms with Gasteiger partial charge in [0, 0.05) is 30.1 Å². The summed E-state index contributed by atoms with van der Waals surface area (Å²) in [5.74, 6) is 0. The maximum Gasteiger partial charge on any atom is 0.0648 e. The largest absolute Gasteiger partial charge is 0.392 e. The predicted molar refractivity (Wildman–Crippen MR) is 81.7 cm³/mol. The zero-order chi connectivity index (χ0) is 14.3. The normalized spacial score (nSPS) is 11.2. The number of aromatic nitrogens is 1. The number of aliphatic hydroxyl groups excluding tert-OH is 1. The summed E-state index contributed by atoms with van der Waals surface area (Å²) in [6, 6.07) is 4.01. The molecule has 1 heterocycles. The number of nitrogens with one attached hydrogen (secondary N) is 2. The Kier molecular flexibility index (Phi) is 5.90. The van der Waals surface area contributed by atoms with Crippen LogP contribution in [0.15, 0.2) is 55.3 Å². The molecule has 0 aromatic carbocycles. The fraction of sp³-hybridized carbons (Fsp3) is 0.250. The molecule has 0 unspecified atom stereocenters. The lowest BCUT2D eigenvalue weighted by Crippen LogP contribution is -2.12. The first-order valence-electron chi connectivity index (χ1n) is 6.23. The van der Waals surface area contributed by atoms with Gasteiger partial charge >= 0.3 is 0 Å². The second kappa shape index (κ2) is 7.44. The van der Waals surface area contributed by atoms with E-state index in [-0.39, 0.29) is 6.61 Å². The number of aromatic amines is 1. The van der Waals surface area contributed by atoms with Gasteiger partial charge in [0.25, 0.3) is 0 Å². The first-order valence-corrected chi connectivity index (χ1v) is 6.23. The molecule has 0 aliphatic heterocycles. The van der Waals surface area contributed by atoms with Crippen LogP contribution in [0.2, 0.25) is 0 Å². The lowest BCUT2D eigenvalue weighted by molar-refractivity contribution is 0.328. The first kappa shape index (κ1) is 15.1. The second-order valence-corrected chi connectivity index (χ2v) is 4.53. The molecular formula is C16H22N2O. The fourth-order valence-corrected chi connectivity index (χ4v) is 1.68. The van der Waals surface area contributed by atoms with Crippen LogP contribution >= 0.6 is 0 Å². The van der Waals surface area contributed by atoms with Gasteiger partial charge in [0.15, 0.2) is 0 Å². The molecule has 0 bridgehead atoms. The third kappa shape index (κ3) is 5.02. The average Bonchev–Trinajstić information content (AvgIpc) is 2.84. The van der Waals surface area contributed by atoms with Crippen LogP contribution in [0.4, 0.5) is 0 Å². The average molecular weight is 258 g/mol. The highest BCUT2D eigenvalue weighted by Crippen LogP contribution is 2.14. The molecule has 19 heavy (non-hydrogen) atoms. The van der Waals surface area contributed by atoms with E-state index in [0.29, 0.717) is 13.0 Å². The molecule has 0 amide bonds. The van der Waals surface area contributed by atoms with E-state index in [9.17, 15) is 5.11 Å². The molecule has 3 N–H and O–H groups in total. The smallest absolute Gasteiger partial charge is 0.0648 e. The minimum Gasteiger partial charge on any atom is -0.392 e. The van der Waals surface area contributed by atoms with E-state index in [4.69, 9.17) is 0 Å². The topological polar surface area (TPSA) is 48.0 Å². The minimum absolute atomic E-state index is 0.0402. The highest BCUT2D eigenvalue weighted by atomic mass is 16.3. The molecule has 0 saturated carbocycles. The molecule has 1 aromatic heterocycles. The van der Waals surface area contributed by atoms with Crippen LogP contribution in [0.1, 0.15) is 18.3 Å². The van der Waals surface area contributed by atoms with Gasteiger partial charge in [-0.2, -0.15) is 0 Å². The number of H-pyrrole nitrogens is 1. The van der Waals surface area contributed by atoms with Crippen LogP contribution in [-0.4, -0.2) is 23.2 Å². The van der Waals surface area contributed by atoms with E-state index in [1.54, 1.807) is 6.08 Å². The van der Waals surface area contributed by atoms with Crippen molar-refractivity contribution in [3.63, 3.8) is 0 Å². The van der Waals surface area contributed by atoms with E-state index in [0.717, 1.165) is 28.2 Å². The lowest BCUT2D eigenvalue weighted by Gasteiger charge is -2.07. The monoisotopic (exact) mass is 258 g/mol. The van der Waals surface area contributed by atoms with Gasteiger partial charge in [-0.15, -0.1) is 0 Å². The summed E-state index contributed by atoms with van der Waals surface area (Å²) >= 11 is 0. The Hall–Kier alpha value is -2.00. The molecule has 0 aliphatic rings. The summed E-state index contributed by atoms with van der Waals surface area (Å²) in [6.07, 6.45) is 4.20. The first-order chi connectivity index (χ1) is 9.06. The van der Waals surface area contributed by atoms with E-state index in [1.807, 2.05) is 25.1 Å². The van der Waals surface area contributed by atoms with Crippen LogP contribution in [0.25, 0.3) is 5.57 Å². The summed E-state index contributed by atoms with van der Waals surface area (Å²) in [5.41, 5.74) is 4.87. The van der Waals surface area contributed by atoms with Crippen LogP contribution in [0, 0.1) is 0 Å². The zero-order valence-electron chi connectivity index (χ0n) is 11.5. The van der Waals surface area contributed by atoms with Crippen molar-refractivity contribution in [2.45, 2.75) is 13.3 Å². The van der Waals surface area contributed by atoms with Crippen molar-refractivity contribution in [3.05, 3.63) is 66.7 Å². The predicted octanol–water partition coefficient (Wildman–Crippen LogP) is 2.80. The number of allylic oxidation sites excluding steroid dienone is 3. The van der Waals surface area contributed by atoms with E-state index in [1.165, 1.54) is 0 Å². The van der Waals surface area contributed by atoms with E-state index < -0.39 is 0 Å². The molecule has 102 valence electrons. The zero-order valence-corrected chi connectivity index (χ0v) is 11.5. The standard InChI is InChI=1S/C16H22N2O/c1-5-6-14(11-19)9-15-7-8-16(18-15)13(4)10-17-12(2)3/h5-8,17-19H,1-2,4,9-11H2,3H3/b14-6+. The highest BCUT2D eigenvalue weighted by Gasteiger charge is 2.04. The van der Waals surface area contributed by atoms with Crippen molar-refractivity contribution in [2.24, 2.45) is 0 Å². The number of hydrogen-bond acceptors (Lipinski definition) is 2. The Morgan fingerprint density at radius 1 is 1.42 bits per heavy atom. The van der Waals surface area contributed by atoms with Gasteiger partial charge in [0.1, 0.15) is 0 Å². The number of rotatable bonds is 8. The van der Waals surface area contributed by atoms with Gasteiger partial charge in [0.05, 0.1) is 6.61 Å². The molecule has 0 spiro atoms. The Labute approximate surface area is 115 Å². The Morgan fingerprint density at radius 3 is 2.74 bits per heavy atom. The molecule has 1 aromatic rings. The van der Waals surface area contributed by atoms with Gasteiger partial charge in [0.2, 0.25) is 0 Å². The number of hydrogen-bond donors (Lipinski definition) is 3. The lowest BCUT2D eigenvalue weighted by atomic mass is 10.1. The molecule has 3 heteroatoms. The second-order valence-electron chi connectivity index (χ2n) is 4.53. The van der Waals surface area contributed by atoms with Crippen molar-refractivity contribution in [1.82, 2.24) is 10.3 Å². The van der Waals surface area contributed by atoms with E-state index >= 15 is 0 Å². The summed E-state index contributed by atoms with van der Waals surface area (Å²) in [5, 5.41) is 12.4. The summed E-state index contributed by atoms with van der Waals surface area (Å²) in [7, 11) is 0. The maximum atomic E-state index is 9.21. The third-order valence-corrected chi connectivity index (χ3v) is 2.71. The van der Waals surface area contributed by atoms with Crippen LogP contribution in [0.3, 0.4) is 0 Å². The number of aliphatic hydroxyl groups is 1. The SMILES string of the molecule is C=C/C=C(/CO)Cc1ccc(C(=C)CNC(=C)C)[nH]1. The molecular weight excluding hydrogens is 236 g/mol. The Bertz CT molecular complexity index is 495. The Balaban J connectivity index is 2.66. The maximum absolute atomic E-state index is 9.21. The molecule has 0 saturated heterocycles. The van der Waals surface area contributed by atoms with Crippen LogP contribution in [-0.2, 0) is 6.42 Å². The highest BCUT2D eigenvalue weighted by molar-refractivity contribution is 5.62. The third-order valence-electron chi connectivity index (χ3n) is 2.71. The summed E-state index contributed by atoms with van der Waals surface area (Å²) in [4.78, 5) is 3.30. The van der Waals surface area contributed by atoms with Crippen molar-refractivity contribution in [2.75, 3.05) is 13.2 Å². The minimum atomic E-state index is 0.0402. The van der Waals surface area contributed by atoms with Gasteiger partial charge in [-0.1, -0.05) is 31.9 Å². The quantitative estimate of drug-likeness (QED) is 0.628. The van der Waals surface area contributed by atoms with Crippen LogP contribution in [0.5, 0.6) is 0 Å². The van der Waals surface area contributed by atoms with Gasteiger partial charge < -0.3 is 15.4 Å². The van der Waals surface area contributed by atoms with Gasteiger partial charge in [-0.05, 0) is 30.2 Å². The van der Waals surface area contributed by atoms with Crippen molar-refractivity contribution < 1.29 is 5.11 Å². The fourth-order valence-electron chi connectivity index (χ4n) is 1.68.